The fourth-order valence-corrected chi connectivity index (χ4v) is 3.57. The highest BCUT2D eigenvalue weighted by Gasteiger charge is 2.37. The van der Waals surface area contributed by atoms with E-state index in [4.69, 9.17) is 0 Å². The van der Waals surface area contributed by atoms with Gasteiger partial charge in [-0.2, -0.15) is 5.10 Å². The van der Waals surface area contributed by atoms with Crippen molar-refractivity contribution in [1.82, 2.24) is 25.3 Å². The number of carbonyl (C=O) groups excluding carboxylic acids is 2. The lowest BCUT2D eigenvalue weighted by atomic mass is 10.0. The van der Waals surface area contributed by atoms with Crippen molar-refractivity contribution >= 4 is 17.6 Å². The average Bonchev–Trinajstić information content (AvgIpc) is 3.07. The second kappa shape index (κ2) is 5.84. The number of aromatic nitrogens is 2. The summed E-state index contributed by atoms with van der Waals surface area (Å²) in [5.74, 6) is 0.163. The molecule has 0 saturated carbocycles. The number of nitrogens with one attached hydrogen (secondary N) is 2. The molecule has 8 nitrogen and oxygen atoms in total. The van der Waals surface area contributed by atoms with Gasteiger partial charge in [-0.15, -0.1) is 0 Å². The van der Waals surface area contributed by atoms with E-state index < -0.39 is 0 Å². The zero-order valence-corrected chi connectivity index (χ0v) is 13.1. The topological polar surface area (TPSA) is 82.5 Å². The summed E-state index contributed by atoms with van der Waals surface area (Å²) in [5, 5.41) is 10.2. The van der Waals surface area contributed by atoms with Crippen molar-refractivity contribution in [2.45, 2.75) is 31.3 Å². The lowest BCUT2D eigenvalue weighted by Gasteiger charge is -2.43. The Balaban J connectivity index is 1.37. The van der Waals surface area contributed by atoms with Crippen LogP contribution >= 0.6 is 0 Å². The van der Waals surface area contributed by atoms with E-state index in [-0.39, 0.29) is 24.0 Å². The van der Waals surface area contributed by atoms with E-state index in [1.54, 1.807) is 11.1 Å². The second-order valence-corrected chi connectivity index (χ2v) is 6.47. The first kappa shape index (κ1) is 14.5. The largest absolute Gasteiger partial charge is 0.355 e. The van der Waals surface area contributed by atoms with Gasteiger partial charge in [0.1, 0.15) is 0 Å². The van der Waals surface area contributed by atoms with Crippen molar-refractivity contribution in [3.8, 4) is 0 Å². The van der Waals surface area contributed by atoms with Gasteiger partial charge < -0.3 is 10.6 Å². The van der Waals surface area contributed by atoms with E-state index in [0.29, 0.717) is 13.1 Å². The highest BCUT2D eigenvalue weighted by molar-refractivity contribution is 5.93. The summed E-state index contributed by atoms with van der Waals surface area (Å²) in [7, 11) is 0. The minimum atomic E-state index is -0.0603. The Morgan fingerprint density at radius 1 is 1.13 bits per heavy atom. The van der Waals surface area contributed by atoms with Gasteiger partial charge in [-0.25, -0.2) is 4.79 Å². The maximum atomic E-state index is 12.1. The number of nitrogens with zero attached hydrogens (tertiary/aromatic N) is 4. The van der Waals surface area contributed by atoms with Crippen LogP contribution in [0.4, 0.5) is 10.5 Å². The molecule has 3 saturated heterocycles. The van der Waals surface area contributed by atoms with Gasteiger partial charge in [0.15, 0.2) is 0 Å². The Labute approximate surface area is 134 Å². The number of hydrogen-bond donors (Lipinski definition) is 2. The molecule has 1 atom stereocenters. The number of anilines is 1. The van der Waals surface area contributed by atoms with Gasteiger partial charge in [0.2, 0.25) is 5.91 Å². The molecule has 1 aromatic rings. The van der Waals surface area contributed by atoms with Crippen LogP contribution in [0.2, 0.25) is 0 Å². The molecule has 8 heteroatoms. The molecule has 3 aliphatic heterocycles. The monoisotopic (exact) mass is 318 g/mol. The Kier molecular flexibility index (Phi) is 3.68. The molecule has 0 aliphatic carbocycles. The molecule has 1 unspecified atom stereocenters. The SMILES string of the molecule is O=C1NCCCCC1N1CC(n2cc(N3CCNC3=O)cn2)C1. The summed E-state index contributed by atoms with van der Waals surface area (Å²) in [6, 6.07) is 0.230. The van der Waals surface area contributed by atoms with Crippen LogP contribution in [0, 0.1) is 0 Å². The third-order valence-corrected chi connectivity index (χ3v) is 4.97. The van der Waals surface area contributed by atoms with E-state index >= 15 is 0 Å². The van der Waals surface area contributed by atoms with Gasteiger partial charge in [0.05, 0.1) is 24.0 Å². The number of carbonyl (C=O) groups is 2. The van der Waals surface area contributed by atoms with Gasteiger partial charge in [0.25, 0.3) is 0 Å². The third kappa shape index (κ3) is 2.67. The zero-order chi connectivity index (χ0) is 15.8. The highest BCUT2D eigenvalue weighted by Crippen LogP contribution is 2.27. The molecular weight excluding hydrogens is 296 g/mol. The third-order valence-electron chi connectivity index (χ3n) is 4.97. The van der Waals surface area contributed by atoms with E-state index in [9.17, 15) is 9.59 Å². The van der Waals surface area contributed by atoms with Crippen LogP contribution in [0.15, 0.2) is 12.4 Å². The average molecular weight is 318 g/mol. The standard InChI is InChI=1S/C15H22N6O2/c22-14-13(3-1-2-4-16-14)19-8-12(9-19)21-10-11(7-18-21)20-6-5-17-15(20)23/h7,10,12-13H,1-6,8-9H2,(H,16,22)(H,17,23). The van der Waals surface area contributed by atoms with Crippen LogP contribution in [0.25, 0.3) is 0 Å². The Morgan fingerprint density at radius 2 is 2.00 bits per heavy atom. The van der Waals surface area contributed by atoms with Crippen molar-refractivity contribution in [2.75, 3.05) is 37.6 Å². The van der Waals surface area contributed by atoms with Gasteiger partial charge in [0, 0.05) is 38.9 Å². The predicted octanol–water partition coefficient (Wildman–Crippen LogP) is -0.0619. The molecule has 3 fully saturated rings. The maximum Gasteiger partial charge on any atom is 0.322 e. The van der Waals surface area contributed by atoms with Crippen molar-refractivity contribution < 1.29 is 9.59 Å². The normalized spacial score (nSPS) is 26.6. The minimum absolute atomic E-state index is 0.00754. The quantitative estimate of drug-likeness (QED) is 0.818. The summed E-state index contributed by atoms with van der Waals surface area (Å²) >= 11 is 0. The summed E-state index contributed by atoms with van der Waals surface area (Å²) in [4.78, 5) is 27.7. The minimum Gasteiger partial charge on any atom is -0.355 e. The first-order valence-corrected chi connectivity index (χ1v) is 8.33. The van der Waals surface area contributed by atoms with Crippen molar-refractivity contribution in [3.63, 3.8) is 0 Å². The van der Waals surface area contributed by atoms with Crippen molar-refractivity contribution in [2.24, 2.45) is 0 Å². The van der Waals surface area contributed by atoms with Crippen LogP contribution in [-0.4, -0.2) is 65.4 Å². The molecule has 0 radical (unpaired) electrons. The van der Waals surface area contributed by atoms with E-state index in [1.807, 2.05) is 10.9 Å². The number of rotatable bonds is 3. The van der Waals surface area contributed by atoms with Gasteiger partial charge >= 0.3 is 6.03 Å². The van der Waals surface area contributed by atoms with Crippen molar-refractivity contribution in [3.05, 3.63) is 12.4 Å². The van der Waals surface area contributed by atoms with Crippen LogP contribution in [0.1, 0.15) is 25.3 Å². The molecule has 0 spiro atoms. The van der Waals surface area contributed by atoms with Crippen LogP contribution in [0.3, 0.4) is 0 Å². The van der Waals surface area contributed by atoms with Crippen LogP contribution in [0.5, 0.6) is 0 Å². The molecular formula is C15H22N6O2. The molecule has 3 aliphatic rings. The summed E-state index contributed by atoms with van der Waals surface area (Å²) < 4.78 is 1.92. The van der Waals surface area contributed by atoms with Crippen molar-refractivity contribution in [1.29, 1.82) is 0 Å². The fourth-order valence-electron chi connectivity index (χ4n) is 3.57. The fraction of sp³-hybridized carbons (Fsp3) is 0.667. The molecule has 124 valence electrons. The Morgan fingerprint density at radius 3 is 2.78 bits per heavy atom. The smallest absolute Gasteiger partial charge is 0.322 e. The lowest BCUT2D eigenvalue weighted by molar-refractivity contribution is -0.128. The second-order valence-electron chi connectivity index (χ2n) is 6.47. The molecule has 0 bridgehead atoms. The van der Waals surface area contributed by atoms with Gasteiger partial charge in [-0.05, 0) is 19.3 Å². The summed E-state index contributed by atoms with van der Waals surface area (Å²) in [6.45, 7) is 3.84. The highest BCUT2D eigenvalue weighted by atomic mass is 16.2. The number of amides is 3. The Hall–Kier alpha value is -2.09. The van der Waals surface area contributed by atoms with E-state index in [2.05, 4.69) is 20.6 Å². The van der Waals surface area contributed by atoms with E-state index in [1.165, 1.54) is 0 Å². The molecule has 3 amide bonds. The van der Waals surface area contributed by atoms with Crippen LogP contribution < -0.4 is 15.5 Å². The molecule has 2 N–H and O–H groups in total. The number of hydrogen-bond acceptors (Lipinski definition) is 4. The first-order chi connectivity index (χ1) is 11.2. The molecule has 4 rings (SSSR count). The maximum absolute atomic E-state index is 12.1. The van der Waals surface area contributed by atoms with Gasteiger partial charge in [-0.3, -0.25) is 19.3 Å². The summed E-state index contributed by atoms with van der Waals surface area (Å²) in [6.07, 6.45) is 6.78. The molecule has 4 heterocycles. The van der Waals surface area contributed by atoms with E-state index in [0.717, 1.165) is 44.6 Å². The number of likely N-dealkylation sites (tertiary alicyclic amines) is 1. The zero-order valence-electron chi connectivity index (χ0n) is 13.1. The lowest BCUT2D eigenvalue weighted by Crippen LogP contribution is -2.57. The molecule has 23 heavy (non-hydrogen) atoms. The van der Waals surface area contributed by atoms with Crippen LogP contribution in [-0.2, 0) is 4.79 Å². The molecule has 1 aromatic heterocycles. The number of urea groups is 1. The van der Waals surface area contributed by atoms with Gasteiger partial charge in [-0.1, -0.05) is 0 Å². The predicted molar refractivity (Wildman–Crippen MR) is 84.2 cm³/mol. The molecule has 0 aromatic carbocycles. The Bertz CT molecular complexity index is 609. The first-order valence-electron chi connectivity index (χ1n) is 8.33. The summed E-state index contributed by atoms with van der Waals surface area (Å²) in [5.41, 5.74) is 0.839.